The normalized spacial score (nSPS) is 12.6. The van der Waals surface area contributed by atoms with Gasteiger partial charge < -0.3 is 4.57 Å². The van der Waals surface area contributed by atoms with E-state index in [1.54, 1.807) is 18.7 Å². The molecule has 0 amide bonds. The molecule has 0 bridgehead atoms. The van der Waals surface area contributed by atoms with Crippen LogP contribution in [0.5, 0.6) is 0 Å². The minimum absolute atomic E-state index is 0.158. The van der Waals surface area contributed by atoms with Gasteiger partial charge in [-0.2, -0.15) is 5.10 Å². The van der Waals surface area contributed by atoms with Gasteiger partial charge in [0, 0.05) is 18.5 Å². The first-order chi connectivity index (χ1) is 9.66. The lowest BCUT2D eigenvalue weighted by molar-refractivity contribution is 0.550. The first kappa shape index (κ1) is 12.5. The Morgan fingerprint density at radius 2 is 2.10 bits per heavy atom. The highest BCUT2D eigenvalue weighted by atomic mass is 19.1. The molecule has 7 heteroatoms. The monoisotopic (exact) mass is 275 g/mol. The van der Waals surface area contributed by atoms with E-state index >= 15 is 0 Å². The molecule has 0 spiro atoms. The molecular formula is C13H11F2N5. The summed E-state index contributed by atoms with van der Waals surface area (Å²) in [5, 5.41) is 4.02. The summed E-state index contributed by atoms with van der Waals surface area (Å²) in [7, 11) is 0. The summed E-state index contributed by atoms with van der Waals surface area (Å²) < 4.78 is 30.0. The van der Waals surface area contributed by atoms with Crippen molar-refractivity contribution in [3.8, 4) is 5.69 Å². The summed E-state index contributed by atoms with van der Waals surface area (Å²) in [6.07, 6.45) is 6.41. The molecule has 3 rings (SSSR count). The van der Waals surface area contributed by atoms with Gasteiger partial charge in [-0.05, 0) is 19.1 Å². The van der Waals surface area contributed by atoms with Gasteiger partial charge in [0.15, 0.2) is 11.6 Å². The zero-order valence-electron chi connectivity index (χ0n) is 10.6. The third-order valence-corrected chi connectivity index (χ3v) is 3.06. The van der Waals surface area contributed by atoms with Gasteiger partial charge in [0.05, 0.1) is 12.4 Å². The minimum Gasteiger partial charge on any atom is -0.327 e. The predicted octanol–water partition coefficient (Wildman–Crippen LogP) is 2.35. The highest BCUT2D eigenvalue weighted by Gasteiger charge is 2.18. The van der Waals surface area contributed by atoms with Crippen molar-refractivity contribution in [2.24, 2.45) is 0 Å². The van der Waals surface area contributed by atoms with E-state index in [2.05, 4.69) is 15.1 Å². The maximum absolute atomic E-state index is 13.9. The Kier molecular flexibility index (Phi) is 3.02. The average Bonchev–Trinajstić information content (AvgIpc) is 3.09. The van der Waals surface area contributed by atoms with Gasteiger partial charge in [0.2, 0.25) is 0 Å². The number of rotatable bonds is 3. The van der Waals surface area contributed by atoms with Crippen molar-refractivity contribution in [2.45, 2.75) is 13.0 Å². The molecule has 0 aliphatic rings. The topological polar surface area (TPSA) is 48.5 Å². The summed E-state index contributed by atoms with van der Waals surface area (Å²) in [5.41, 5.74) is 0.158. The van der Waals surface area contributed by atoms with Gasteiger partial charge >= 0.3 is 0 Å². The van der Waals surface area contributed by atoms with Crippen LogP contribution in [0.25, 0.3) is 5.69 Å². The molecule has 2 aromatic heterocycles. The molecule has 1 unspecified atom stereocenters. The second-order valence-corrected chi connectivity index (χ2v) is 4.31. The van der Waals surface area contributed by atoms with Crippen LogP contribution in [0.2, 0.25) is 0 Å². The van der Waals surface area contributed by atoms with Gasteiger partial charge in [-0.15, -0.1) is 0 Å². The lowest BCUT2D eigenvalue weighted by atomic mass is 10.2. The molecule has 0 saturated carbocycles. The van der Waals surface area contributed by atoms with Crippen LogP contribution in [0, 0.1) is 11.6 Å². The average molecular weight is 275 g/mol. The molecule has 0 saturated heterocycles. The second-order valence-electron chi connectivity index (χ2n) is 4.31. The number of halogens is 2. The first-order valence-corrected chi connectivity index (χ1v) is 5.99. The Morgan fingerprint density at radius 1 is 1.25 bits per heavy atom. The van der Waals surface area contributed by atoms with Crippen LogP contribution < -0.4 is 0 Å². The zero-order chi connectivity index (χ0) is 14.1. The quantitative estimate of drug-likeness (QED) is 0.737. The molecule has 5 nitrogen and oxygen atoms in total. The maximum atomic E-state index is 13.9. The van der Waals surface area contributed by atoms with Crippen molar-refractivity contribution >= 4 is 0 Å². The summed E-state index contributed by atoms with van der Waals surface area (Å²) in [6, 6.07) is 3.17. The third kappa shape index (κ3) is 2.07. The second kappa shape index (κ2) is 4.84. The third-order valence-electron chi connectivity index (χ3n) is 3.06. The fourth-order valence-corrected chi connectivity index (χ4v) is 2.01. The molecule has 0 N–H and O–H groups in total. The van der Waals surface area contributed by atoms with E-state index in [0.717, 1.165) is 6.07 Å². The van der Waals surface area contributed by atoms with Crippen LogP contribution in [-0.4, -0.2) is 24.3 Å². The van der Waals surface area contributed by atoms with Gasteiger partial charge in [0.25, 0.3) is 0 Å². The Morgan fingerprint density at radius 3 is 2.80 bits per heavy atom. The molecule has 0 aliphatic heterocycles. The van der Waals surface area contributed by atoms with Crippen molar-refractivity contribution < 1.29 is 8.78 Å². The molecule has 3 aromatic rings. The summed E-state index contributed by atoms with van der Waals surface area (Å²) >= 11 is 0. The summed E-state index contributed by atoms with van der Waals surface area (Å²) in [6.45, 7) is 1.89. The van der Waals surface area contributed by atoms with E-state index in [4.69, 9.17) is 0 Å². The SMILES string of the molecule is CC(c1ncnn1-c1ccc(F)cc1F)n1ccnc1. The van der Waals surface area contributed by atoms with Gasteiger partial charge in [-0.1, -0.05) is 0 Å². The van der Waals surface area contributed by atoms with Crippen LogP contribution in [0.4, 0.5) is 8.78 Å². The Labute approximate surface area is 113 Å². The van der Waals surface area contributed by atoms with Crippen molar-refractivity contribution in [3.05, 3.63) is 60.7 Å². The number of hydrogen-bond donors (Lipinski definition) is 0. The fraction of sp³-hybridized carbons (Fsp3) is 0.154. The standard InChI is InChI=1S/C13H11F2N5/c1-9(19-5-4-16-8-19)13-17-7-18-20(13)12-3-2-10(14)6-11(12)15/h2-9H,1H3. The molecule has 0 aliphatic carbocycles. The van der Waals surface area contributed by atoms with E-state index in [9.17, 15) is 8.78 Å². The Balaban J connectivity index is 2.06. The minimum atomic E-state index is -0.686. The van der Waals surface area contributed by atoms with Crippen LogP contribution in [0.1, 0.15) is 18.8 Å². The van der Waals surface area contributed by atoms with Crippen LogP contribution in [0.3, 0.4) is 0 Å². The van der Waals surface area contributed by atoms with Gasteiger partial charge in [0.1, 0.15) is 17.8 Å². The fourth-order valence-electron chi connectivity index (χ4n) is 2.01. The van der Waals surface area contributed by atoms with Crippen LogP contribution in [-0.2, 0) is 0 Å². The van der Waals surface area contributed by atoms with Gasteiger partial charge in [-0.3, -0.25) is 0 Å². The van der Waals surface area contributed by atoms with E-state index in [-0.39, 0.29) is 11.7 Å². The smallest absolute Gasteiger partial charge is 0.155 e. The van der Waals surface area contributed by atoms with E-state index < -0.39 is 11.6 Å². The molecule has 0 radical (unpaired) electrons. The Bertz CT molecular complexity index is 720. The lowest BCUT2D eigenvalue weighted by Gasteiger charge is -2.14. The number of imidazole rings is 1. The summed E-state index contributed by atoms with van der Waals surface area (Å²) in [5.74, 6) is -0.779. The van der Waals surface area contributed by atoms with E-state index in [1.807, 2.05) is 11.5 Å². The number of benzene rings is 1. The Hall–Kier alpha value is -2.57. The largest absolute Gasteiger partial charge is 0.327 e. The number of nitrogens with zero attached hydrogens (tertiary/aromatic N) is 5. The van der Waals surface area contributed by atoms with Gasteiger partial charge in [-0.25, -0.2) is 23.4 Å². The van der Waals surface area contributed by atoms with Crippen molar-refractivity contribution in [1.29, 1.82) is 0 Å². The molecule has 20 heavy (non-hydrogen) atoms. The summed E-state index contributed by atoms with van der Waals surface area (Å²) in [4.78, 5) is 8.12. The van der Waals surface area contributed by atoms with E-state index in [0.29, 0.717) is 5.82 Å². The van der Waals surface area contributed by atoms with Crippen molar-refractivity contribution in [2.75, 3.05) is 0 Å². The molecular weight excluding hydrogens is 264 g/mol. The molecule has 0 fully saturated rings. The molecule has 102 valence electrons. The van der Waals surface area contributed by atoms with Crippen molar-refractivity contribution in [1.82, 2.24) is 24.3 Å². The first-order valence-electron chi connectivity index (χ1n) is 5.99. The lowest BCUT2D eigenvalue weighted by Crippen LogP contribution is -2.13. The highest BCUT2D eigenvalue weighted by molar-refractivity contribution is 5.34. The van der Waals surface area contributed by atoms with Crippen molar-refractivity contribution in [3.63, 3.8) is 0 Å². The number of aromatic nitrogens is 5. The van der Waals surface area contributed by atoms with E-state index in [1.165, 1.54) is 23.1 Å². The molecule has 1 aromatic carbocycles. The maximum Gasteiger partial charge on any atom is 0.155 e. The van der Waals surface area contributed by atoms with Crippen LogP contribution in [0.15, 0.2) is 43.2 Å². The zero-order valence-corrected chi connectivity index (χ0v) is 10.6. The number of hydrogen-bond acceptors (Lipinski definition) is 3. The highest BCUT2D eigenvalue weighted by Crippen LogP contribution is 2.20. The van der Waals surface area contributed by atoms with Crippen LogP contribution >= 0.6 is 0 Å². The molecule has 2 heterocycles. The molecule has 1 atom stereocenters. The predicted molar refractivity (Wildman–Crippen MR) is 67.3 cm³/mol.